The molecule has 6 nitrogen and oxygen atoms in total. The molecule has 1 amide bonds. The molecule has 0 aliphatic carbocycles. The lowest BCUT2D eigenvalue weighted by Gasteiger charge is -2.36. The van der Waals surface area contributed by atoms with Gasteiger partial charge in [-0.15, -0.1) is 0 Å². The Labute approximate surface area is 167 Å². The highest BCUT2D eigenvalue weighted by Crippen LogP contribution is 2.43. The minimum atomic E-state index is -0.530. The van der Waals surface area contributed by atoms with Crippen molar-refractivity contribution in [2.24, 2.45) is 5.41 Å². The molecule has 0 bridgehead atoms. The molecule has 4 rings (SSSR count). The Kier molecular flexibility index (Phi) is 5.10. The SMILES string of the molecule is O=C(Cc1c(F)cccc1Cl)N1CCC2(CC1)CC(Cn1ccnc1)OC2=O. The molecule has 2 aromatic rings. The van der Waals surface area contributed by atoms with Crippen molar-refractivity contribution in [2.75, 3.05) is 13.1 Å². The molecular weight excluding hydrogens is 385 g/mol. The van der Waals surface area contributed by atoms with Gasteiger partial charge >= 0.3 is 5.97 Å². The molecule has 0 N–H and O–H groups in total. The topological polar surface area (TPSA) is 64.4 Å². The van der Waals surface area contributed by atoms with Crippen molar-refractivity contribution in [3.63, 3.8) is 0 Å². The van der Waals surface area contributed by atoms with Crippen LogP contribution in [-0.4, -0.2) is 45.5 Å². The first-order chi connectivity index (χ1) is 13.5. The van der Waals surface area contributed by atoms with Crippen molar-refractivity contribution in [1.82, 2.24) is 14.5 Å². The van der Waals surface area contributed by atoms with Gasteiger partial charge in [0.25, 0.3) is 0 Å². The highest BCUT2D eigenvalue weighted by Gasteiger charge is 2.50. The molecule has 1 aromatic heterocycles. The van der Waals surface area contributed by atoms with E-state index in [-0.39, 0.29) is 35.0 Å². The summed E-state index contributed by atoms with van der Waals surface area (Å²) in [5.74, 6) is -0.832. The van der Waals surface area contributed by atoms with Gasteiger partial charge in [-0.1, -0.05) is 17.7 Å². The number of likely N-dealkylation sites (tertiary alicyclic amines) is 1. The average Bonchev–Trinajstić information content (AvgIpc) is 3.27. The number of nitrogens with zero attached hydrogens (tertiary/aromatic N) is 3. The number of carbonyl (C=O) groups is 2. The first kappa shape index (κ1) is 18.9. The molecule has 2 fully saturated rings. The van der Waals surface area contributed by atoms with Crippen molar-refractivity contribution in [3.8, 4) is 0 Å². The second kappa shape index (κ2) is 7.54. The van der Waals surface area contributed by atoms with Crippen molar-refractivity contribution < 1.29 is 18.7 Å². The summed E-state index contributed by atoms with van der Waals surface area (Å²) in [6, 6.07) is 4.39. The van der Waals surface area contributed by atoms with Gasteiger partial charge in [-0.3, -0.25) is 9.59 Å². The first-order valence-electron chi connectivity index (χ1n) is 9.34. The quantitative estimate of drug-likeness (QED) is 0.734. The third kappa shape index (κ3) is 3.63. The smallest absolute Gasteiger partial charge is 0.312 e. The lowest BCUT2D eigenvalue weighted by molar-refractivity contribution is -0.152. The summed E-state index contributed by atoms with van der Waals surface area (Å²) in [6.45, 7) is 1.50. The number of amides is 1. The van der Waals surface area contributed by atoms with Gasteiger partial charge in [0.2, 0.25) is 5.91 Å². The number of benzene rings is 1. The zero-order valence-electron chi connectivity index (χ0n) is 15.3. The van der Waals surface area contributed by atoms with Gasteiger partial charge in [-0.05, 0) is 25.0 Å². The predicted molar refractivity (Wildman–Crippen MR) is 100 cm³/mol. The van der Waals surface area contributed by atoms with Crippen LogP contribution >= 0.6 is 11.6 Å². The van der Waals surface area contributed by atoms with Gasteiger partial charge in [-0.25, -0.2) is 9.37 Å². The van der Waals surface area contributed by atoms with E-state index in [1.807, 2.05) is 10.8 Å². The Morgan fingerprint density at radius 1 is 1.36 bits per heavy atom. The highest BCUT2D eigenvalue weighted by molar-refractivity contribution is 6.31. The molecule has 0 saturated carbocycles. The molecule has 2 aliphatic heterocycles. The summed E-state index contributed by atoms with van der Waals surface area (Å²) in [5, 5.41) is 0.253. The van der Waals surface area contributed by atoms with Crippen LogP contribution in [0.5, 0.6) is 0 Å². The Bertz CT molecular complexity index is 859. The number of piperidine rings is 1. The predicted octanol–water partition coefficient (Wildman–Crippen LogP) is 2.84. The van der Waals surface area contributed by atoms with E-state index in [1.54, 1.807) is 23.5 Å². The van der Waals surface area contributed by atoms with Crippen molar-refractivity contribution in [2.45, 2.75) is 38.3 Å². The summed E-state index contributed by atoms with van der Waals surface area (Å²) in [5.41, 5.74) is -0.312. The Morgan fingerprint density at radius 2 is 2.14 bits per heavy atom. The van der Waals surface area contributed by atoms with Crippen LogP contribution < -0.4 is 0 Å². The van der Waals surface area contributed by atoms with Gasteiger partial charge in [0.1, 0.15) is 11.9 Å². The van der Waals surface area contributed by atoms with Crippen molar-refractivity contribution in [1.29, 1.82) is 0 Å². The molecule has 1 unspecified atom stereocenters. The molecule has 2 aliphatic rings. The number of esters is 1. The Hall–Kier alpha value is -2.41. The van der Waals surface area contributed by atoms with E-state index >= 15 is 0 Å². The minimum absolute atomic E-state index is 0.0772. The van der Waals surface area contributed by atoms with E-state index in [9.17, 15) is 14.0 Å². The monoisotopic (exact) mass is 405 g/mol. The van der Waals surface area contributed by atoms with E-state index in [0.717, 1.165) is 0 Å². The fraction of sp³-hybridized carbons (Fsp3) is 0.450. The molecule has 8 heteroatoms. The maximum absolute atomic E-state index is 13.9. The number of hydrogen-bond acceptors (Lipinski definition) is 4. The van der Waals surface area contributed by atoms with E-state index in [1.165, 1.54) is 12.1 Å². The number of ether oxygens (including phenoxy) is 1. The maximum Gasteiger partial charge on any atom is 0.312 e. The van der Waals surface area contributed by atoms with Gasteiger partial charge in [0.05, 0.1) is 24.7 Å². The normalized spacial score (nSPS) is 21.1. The van der Waals surface area contributed by atoms with Gasteiger partial charge < -0.3 is 14.2 Å². The minimum Gasteiger partial charge on any atom is -0.460 e. The van der Waals surface area contributed by atoms with Crippen LogP contribution in [0.2, 0.25) is 5.02 Å². The van der Waals surface area contributed by atoms with Crippen molar-refractivity contribution in [3.05, 3.63) is 53.3 Å². The maximum atomic E-state index is 13.9. The number of imidazole rings is 1. The lowest BCUT2D eigenvalue weighted by Crippen LogP contribution is -2.45. The largest absolute Gasteiger partial charge is 0.460 e. The van der Waals surface area contributed by atoms with Gasteiger partial charge in [-0.2, -0.15) is 0 Å². The number of rotatable bonds is 4. The summed E-state index contributed by atoms with van der Waals surface area (Å²) in [7, 11) is 0. The molecule has 1 spiro atoms. The standard InChI is InChI=1S/C20H21ClFN3O3/c21-16-2-1-3-17(22)15(16)10-18(26)25-7-4-20(5-8-25)11-14(28-19(20)27)12-24-9-6-23-13-24/h1-3,6,9,13-14H,4-5,7-8,10-12H2. The summed E-state index contributed by atoms with van der Waals surface area (Å²) >= 11 is 6.03. The second-order valence-corrected chi connectivity index (χ2v) is 7.94. The van der Waals surface area contributed by atoms with Crippen LogP contribution in [0, 0.1) is 11.2 Å². The van der Waals surface area contributed by atoms with Crippen molar-refractivity contribution >= 4 is 23.5 Å². The van der Waals surface area contributed by atoms with Gasteiger partial charge in [0, 0.05) is 42.5 Å². The molecule has 0 radical (unpaired) electrons. The van der Waals surface area contributed by atoms with Gasteiger partial charge in [0.15, 0.2) is 0 Å². The lowest BCUT2D eigenvalue weighted by atomic mass is 9.76. The van der Waals surface area contributed by atoms with E-state index in [2.05, 4.69) is 4.98 Å². The summed E-state index contributed by atoms with van der Waals surface area (Å²) in [4.78, 5) is 30.8. The third-order valence-electron chi connectivity index (χ3n) is 5.76. The van der Waals surface area contributed by atoms with E-state index in [0.29, 0.717) is 38.9 Å². The second-order valence-electron chi connectivity index (χ2n) is 7.53. The average molecular weight is 406 g/mol. The molecule has 148 valence electrons. The highest BCUT2D eigenvalue weighted by atomic mass is 35.5. The van der Waals surface area contributed by atoms with Crippen LogP contribution in [0.3, 0.4) is 0 Å². The van der Waals surface area contributed by atoms with Crippen LogP contribution in [0.15, 0.2) is 36.9 Å². The van der Waals surface area contributed by atoms with Crippen LogP contribution in [-0.2, 0) is 27.3 Å². The number of carbonyl (C=O) groups excluding carboxylic acids is 2. The molecule has 1 aromatic carbocycles. The number of hydrogen-bond donors (Lipinski definition) is 0. The van der Waals surface area contributed by atoms with Crippen LogP contribution in [0.1, 0.15) is 24.8 Å². The number of halogens is 2. The first-order valence-corrected chi connectivity index (χ1v) is 9.72. The molecular formula is C20H21ClFN3O3. The third-order valence-corrected chi connectivity index (χ3v) is 6.12. The van der Waals surface area contributed by atoms with Crippen LogP contribution in [0.25, 0.3) is 0 Å². The molecule has 2 saturated heterocycles. The zero-order chi connectivity index (χ0) is 19.7. The fourth-order valence-corrected chi connectivity index (χ4v) is 4.36. The number of cyclic esters (lactones) is 1. The van der Waals surface area contributed by atoms with E-state index in [4.69, 9.17) is 16.3 Å². The van der Waals surface area contributed by atoms with E-state index < -0.39 is 11.2 Å². The zero-order valence-corrected chi connectivity index (χ0v) is 16.1. The summed E-state index contributed by atoms with van der Waals surface area (Å²) < 4.78 is 21.4. The summed E-state index contributed by atoms with van der Waals surface area (Å²) in [6.07, 6.45) is 6.74. The fourth-order valence-electron chi connectivity index (χ4n) is 4.13. The molecule has 1 atom stereocenters. The Balaban J connectivity index is 1.36. The van der Waals surface area contributed by atoms with Crippen LogP contribution in [0.4, 0.5) is 4.39 Å². The molecule has 28 heavy (non-hydrogen) atoms. The number of aromatic nitrogens is 2. The molecule has 3 heterocycles. The Morgan fingerprint density at radius 3 is 2.82 bits per heavy atom.